The van der Waals surface area contributed by atoms with Gasteiger partial charge < -0.3 is 30.0 Å². The van der Waals surface area contributed by atoms with Crippen LogP contribution in [0.4, 0.5) is 26.6 Å². The fraction of sp³-hybridized carbons (Fsp3) is 0.560. The van der Waals surface area contributed by atoms with Crippen LogP contribution in [0.3, 0.4) is 0 Å². The zero-order chi connectivity index (χ0) is 26.4. The summed E-state index contributed by atoms with van der Waals surface area (Å²) in [5.74, 6) is 0.539. The molecule has 202 valence electrons. The summed E-state index contributed by atoms with van der Waals surface area (Å²) in [4.78, 5) is 40.1. The lowest BCUT2D eigenvalue weighted by atomic mass is 9.92. The van der Waals surface area contributed by atoms with Gasteiger partial charge in [-0.2, -0.15) is 9.97 Å². The van der Waals surface area contributed by atoms with E-state index in [2.05, 4.69) is 30.9 Å². The van der Waals surface area contributed by atoms with E-state index in [1.165, 1.54) is 10.9 Å². The average molecular weight is 527 g/mol. The molecule has 3 aromatic rings. The van der Waals surface area contributed by atoms with Crippen molar-refractivity contribution in [3.63, 3.8) is 0 Å². The van der Waals surface area contributed by atoms with Crippen LogP contribution in [0.2, 0.25) is 0 Å². The number of ether oxygens (including phenoxy) is 2. The van der Waals surface area contributed by atoms with Crippen molar-refractivity contribution in [3.8, 4) is 0 Å². The lowest BCUT2D eigenvalue weighted by molar-refractivity contribution is 0.0268. The Morgan fingerprint density at radius 2 is 2.00 bits per heavy atom. The highest BCUT2D eigenvalue weighted by molar-refractivity contribution is 5.92. The molecule has 0 radical (unpaired) electrons. The zero-order valence-corrected chi connectivity index (χ0v) is 21.3. The van der Waals surface area contributed by atoms with Gasteiger partial charge in [0.05, 0.1) is 24.9 Å². The van der Waals surface area contributed by atoms with Crippen LogP contribution in [-0.4, -0.2) is 68.7 Å². The van der Waals surface area contributed by atoms with Crippen LogP contribution in [0.15, 0.2) is 23.4 Å². The minimum absolute atomic E-state index is 0.0136. The first-order valence-electron chi connectivity index (χ1n) is 13.0. The van der Waals surface area contributed by atoms with Gasteiger partial charge in [-0.3, -0.25) is 4.79 Å². The Balaban J connectivity index is 1.46. The second-order valence-corrected chi connectivity index (χ2v) is 10.2. The number of alkyl halides is 1. The number of carbonyl (C=O) groups is 1. The van der Waals surface area contributed by atoms with Gasteiger partial charge in [-0.25, -0.2) is 18.7 Å². The SMILES string of the molecule is CNc1nc2nc3c1ncn3C(=O)N[C@@H]1C[C@@H](F)CC1OCc1cc(c(=O)n(C3CCC(OC)CC3)c1)N2. The maximum absolute atomic E-state index is 14.4. The van der Waals surface area contributed by atoms with E-state index in [1.807, 2.05) is 6.20 Å². The molecule has 0 spiro atoms. The third kappa shape index (κ3) is 4.49. The van der Waals surface area contributed by atoms with E-state index in [-0.39, 0.29) is 48.7 Å². The van der Waals surface area contributed by atoms with E-state index >= 15 is 0 Å². The third-order valence-corrected chi connectivity index (χ3v) is 7.79. The third-order valence-electron chi connectivity index (χ3n) is 7.79. The van der Waals surface area contributed by atoms with Gasteiger partial charge in [-0.1, -0.05) is 0 Å². The number of amides is 1. The topological polar surface area (TPSA) is 137 Å². The second kappa shape index (κ2) is 9.95. The van der Waals surface area contributed by atoms with Gasteiger partial charge in [0.2, 0.25) is 5.95 Å². The number of aromatic nitrogens is 5. The van der Waals surface area contributed by atoms with Crippen molar-refractivity contribution in [1.82, 2.24) is 29.4 Å². The number of halogens is 1. The van der Waals surface area contributed by atoms with Crippen LogP contribution in [-0.2, 0) is 16.1 Å². The van der Waals surface area contributed by atoms with Crippen LogP contribution in [0.5, 0.6) is 0 Å². The highest BCUT2D eigenvalue weighted by atomic mass is 19.1. The Kier molecular flexibility index (Phi) is 6.48. The first-order chi connectivity index (χ1) is 18.4. The molecule has 2 aliphatic carbocycles. The predicted molar refractivity (Wildman–Crippen MR) is 138 cm³/mol. The molecule has 0 aromatic carbocycles. The summed E-state index contributed by atoms with van der Waals surface area (Å²) in [6.45, 7) is 0.157. The number of hydrogen-bond acceptors (Lipinski definition) is 9. The van der Waals surface area contributed by atoms with E-state index in [4.69, 9.17) is 9.47 Å². The first-order valence-corrected chi connectivity index (χ1v) is 13.0. The number of pyridine rings is 1. The molecule has 12 nitrogen and oxygen atoms in total. The molecule has 4 heterocycles. The molecule has 6 rings (SSSR count). The van der Waals surface area contributed by atoms with E-state index in [1.54, 1.807) is 24.8 Å². The summed E-state index contributed by atoms with van der Waals surface area (Å²) in [7, 11) is 3.41. The summed E-state index contributed by atoms with van der Waals surface area (Å²) >= 11 is 0. The minimum atomic E-state index is -1.09. The summed E-state index contributed by atoms with van der Waals surface area (Å²) < 4.78 is 29.1. The van der Waals surface area contributed by atoms with Gasteiger partial charge in [-0.15, -0.1) is 0 Å². The number of nitrogens with one attached hydrogen (secondary N) is 3. The van der Waals surface area contributed by atoms with E-state index in [0.29, 0.717) is 17.0 Å². The molecule has 2 fully saturated rings. The van der Waals surface area contributed by atoms with Crippen molar-refractivity contribution in [3.05, 3.63) is 34.5 Å². The van der Waals surface area contributed by atoms with Crippen LogP contribution in [0.25, 0.3) is 11.2 Å². The van der Waals surface area contributed by atoms with Gasteiger partial charge in [-0.05, 0) is 37.3 Å². The molecule has 3 N–H and O–H groups in total. The quantitative estimate of drug-likeness (QED) is 0.470. The molecule has 3 aliphatic rings. The van der Waals surface area contributed by atoms with E-state index < -0.39 is 24.3 Å². The van der Waals surface area contributed by atoms with Crippen molar-refractivity contribution >= 4 is 34.6 Å². The maximum atomic E-state index is 14.4. The summed E-state index contributed by atoms with van der Waals surface area (Å²) in [6, 6.07) is 0.733. The van der Waals surface area contributed by atoms with Crippen molar-refractivity contribution < 1.29 is 18.7 Å². The lowest BCUT2D eigenvalue weighted by Gasteiger charge is -2.30. The predicted octanol–water partition coefficient (Wildman–Crippen LogP) is 2.86. The van der Waals surface area contributed by atoms with E-state index in [9.17, 15) is 14.0 Å². The molecule has 3 atom stereocenters. The minimum Gasteiger partial charge on any atom is -0.381 e. The first kappa shape index (κ1) is 24.7. The summed E-state index contributed by atoms with van der Waals surface area (Å²) in [6.07, 6.45) is 5.47. The number of imidazole rings is 1. The smallest absolute Gasteiger partial charge is 0.328 e. The molecule has 1 aliphatic heterocycles. The largest absolute Gasteiger partial charge is 0.381 e. The highest BCUT2D eigenvalue weighted by Gasteiger charge is 2.37. The molecule has 13 heteroatoms. The van der Waals surface area contributed by atoms with Crippen molar-refractivity contribution in [2.24, 2.45) is 0 Å². The zero-order valence-electron chi connectivity index (χ0n) is 21.3. The molecule has 38 heavy (non-hydrogen) atoms. The average Bonchev–Trinajstić information content (AvgIpc) is 3.50. The number of hydrogen-bond donors (Lipinski definition) is 3. The number of nitrogens with zero attached hydrogens (tertiary/aromatic N) is 5. The van der Waals surface area contributed by atoms with Crippen molar-refractivity contribution in [1.29, 1.82) is 0 Å². The van der Waals surface area contributed by atoms with Gasteiger partial charge in [0.1, 0.15) is 18.2 Å². The van der Waals surface area contributed by atoms with Crippen LogP contribution in [0.1, 0.15) is 50.1 Å². The normalized spacial score (nSPS) is 27.4. The number of carbonyl (C=O) groups excluding carboxylic acids is 1. The second-order valence-electron chi connectivity index (χ2n) is 10.2. The fourth-order valence-electron chi connectivity index (χ4n) is 5.77. The van der Waals surface area contributed by atoms with Crippen molar-refractivity contribution in [2.75, 3.05) is 24.8 Å². The Bertz CT molecular complexity index is 1420. The monoisotopic (exact) mass is 526 g/mol. The molecular formula is C25H31FN8O4. The standard InChI is InChI=1S/C25H31FN8O4/c1-27-21-20-22-32-24(31-21)29-18-7-13(10-33(23(18)35)15-3-5-16(37-2)6-4-15)11-38-19-9-14(26)8-17(19)30-25(36)34(22)12-28-20/h7,10,12,14-17,19H,3-6,8-9,11H2,1-2H3,(H,30,36)(H2,27,29,31,32)/t14-,15?,16?,17-,19?/m1/s1. The van der Waals surface area contributed by atoms with Crippen LogP contribution >= 0.6 is 0 Å². The summed E-state index contributed by atoms with van der Waals surface area (Å²) in [5.41, 5.74) is 1.49. The van der Waals surface area contributed by atoms with Gasteiger partial charge in [0.15, 0.2) is 17.0 Å². The fourth-order valence-corrected chi connectivity index (χ4v) is 5.77. The van der Waals surface area contributed by atoms with E-state index in [0.717, 1.165) is 31.2 Å². The Hall–Kier alpha value is -3.58. The highest BCUT2D eigenvalue weighted by Crippen LogP contribution is 2.31. The molecule has 1 unspecified atom stereocenters. The van der Waals surface area contributed by atoms with Crippen LogP contribution < -0.4 is 21.5 Å². The molecule has 3 aromatic heterocycles. The number of rotatable bonds is 3. The van der Waals surface area contributed by atoms with Crippen molar-refractivity contribution in [2.45, 2.75) is 75.6 Å². The molecule has 4 bridgehead atoms. The molecule has 2 saturated carbocycles. The molecule has 0 saturated heterocycles. The maximum Gasteiger partial charge on any atom is 0.328 e. The van der Waals surface area contributed by atoms with Gasteiger partial charge in [0, 0.05) is 39.2 Å². The number of anilines is 3. The Morgan fingerprint density at radius 1 is 1.18 bits per heavy atom. The molecular weight excluding hydrogens is 495 g/mol. The molecule has 1 amide bonds. The number of methoxy groups -OCH3 is 1. The van der Waals surface area contributed by atoms with Gasteiger partial charge in [0.25, 0.3) is 5.56 Å². The van der Waals surface area contributed by atoms with Gasteiger partial charge >= 0.3 is 6.03 Å². The Labute approximate surface area is 217 Å². The lowest BCUT2D eigenvalue weighted by Crippen LogP contribution is -2.43. The summed E-state index contributed by atoms with van der Waals surface area (Å²) in [5, 5.41) is 8.95. The number of fused-ring (bicyclic) bond motifs is 4. The Morgan fingerprint density at radius 3 is 2.76 bits per heavy atom. The van der Waals surface area contributed by atoms with Crippen LogP contribution in [0, 0.1) is 0 Å².